The number of hydrogen-bond donors (Lipinski definition) is 1. The van der Waals surface area contributed by atoms with E-state index in [0.29, 0.717) is 40.6 Å². The Hall–Kier alpha value is -0.340. The zero-order chi connectivity index (χ0) is 17.0. The van der Waals surface area contributed by atoms with Gasteiger partial charge in [0.05, 0.1) is 22.8 Å². The predicted molar refractivity (Wildman–Crippen MR) is 112 cm³/mol. The largest absolute Gasteiger partial charge is 0.373 e. The number of halogens is 3. The molecule has 2 saturated carbocycles. The lowest BCUT2D eigenvalue weighted by molar-refractivity contribution is 0.00914. The van der Waals surface area contributed by atoms with Crippen LogP contribution in [0.25, 0.3) is 11.3 Å². The van der Waals surface area contributed by atoms with Crippen molar-refractivity contribution in [3.63, 3.8) is 0 Å². The van der Waals surface area contributed by atoms with E-state index in [0.717, 1.165) is 48.4 Å². The van der Waals surface area contributed by atoms with E-state index in [9.17, 15) is 0 Å². The molecule has 3 aliphatic rings. The second-order valence-electron chi connectivity index (χ2n) is 7.43. The number of piperidine rings is 1. The summed E-state index contributed by atoms with van der Waals surface area (Å²) in [7, 11) is 0. The van der Waals surface area contributed by atoms with Gasteiger partial charge in [-0.3, -0.25) is 0 Å². The van der Waals surface area contributed by atoms with Gasteiger partial charge in [-0.1, -0.05) is 34.4 Å². The molecule has 26 heavy (non-hydrogen) atoms. The molecule has 1 saturated heterocycles. The maximum absolute atomic E-state index is 6.40. The fourth-order valence-corrected chi connectivity index (χ4v) is 4.80. The zero-order valence-corrected chi connectivity index (χ0v) is 18.1. The van der Waals surface area contributed by atoms with Crippen LogP contribution in [0.2, 0.25) is 10.0 Å². The van der Waals surface area contributed by atoms with Gasteiger partial charge in [0.2, 0.25) is 0 Å². The predicted octanol–water partition coefficient (Wildman–Crippen LogP) is 5.41. The molecular formula is C19H21Cl2IN2O2. The van der Waals surface area contributed by atoms with Crippen LogP contribution in [0.1, 0.15) is 42.9 Å². The molecule has 2 aromatic rings. The Morgan fingerprint density at radius 3 is 2.58 bits per heavy atom. The van der Waals surface area contributed by atoms with E-state index in [2.05, 4.69) is 10.5 Å². The molecule has 1 aromatic carbocycles. The minimum Gasteiger partial charge on any atom is -0.373 e. The zero-order valence-electron chi connectivity index (χ0n) is 14.2. The van der Waals surface area contributed by atoms with Crippen LogP contribution in [0, 0.1) is 5.92 Å². The Morgan fingerprint density at radius 1 is 1.19 bits per heavy atom. The van der Waals surface area contributed by atoms with Crippen molar-refractivity contribution in [1.29, 1.82) is 0 Å². The maximum atomic E-state index is 6.40. The third kappa shape index (κ3) is 3.41. The Bertz CT molecular complexity index is 789. The van der Waals surface area contributed by atoms with Gasteiger partial charge in [-0.05, 0) is 43.7 Å². The second-order valence-corrected chi connectivity index (χ2v) is 8.25. The minimum absolute atomic E-state index is 0. The summed E-state index contributed by atoms with van der Waals surface area (Å²) < 4.78 is 12.0. The molecular weight excluding hydrogens is 486 g/mol. The monoisotopic (exact) mass is 506 g/mol. The lowest BCUT2D eigenvalue weighted by Gasteiger charge is -2.23. The lowest BCUT2D eigenvalue weighted by atomic mass is 10.0. The van der Waals surface area contributed by atoms with E-state index in [-0.39, 0.29) is 24.0 Å². The van der Waals surface area contributed by atoms with Gasteiger partial charge in [-0.25, -0.2) is 0 Å². The first kappa shape index (κ1) is 19.0. The molecule has 7 heteroatoms. The number of benzene rings is 1. The molecule has 0 amide bonds. The van der Waals surface area contributed by atoms with Crippen molar-refractivity contribution in [1.82, 2.24) is 10.5 Å². The van der Waals surface area contributed by atoms with Crippen LogP contribution in [0.15, 0.2) is 22.7 Å². The summed E-state index contributed by atoms with van der Waals surface area (Å²) in [5, 5.41) is 9.03. The molecule has 2 aliphatic carbocycles. The molecule has 1 aliphatic heterocycles. The first-order valence-corrected chi connectivity index (χ1v) is 9.74. The Morgan fingerprint density at radius 2 is 1.96 bits per heavy atom. The fourth-order valence-electron chi connectivity index (χ4n) is 4.23. The van der Waals surface area contributed by atoms with Crippen molar-refractivity contribution in [2.24, 2.45) is 5.92 Å². The van der Waals surface area contributed by atoms with Gasteiger partial charge in [0.1, 0.15) is 11.5 Å². The highest BCUT2D eigenvalue weighted by Crippen LogP contribution is 2.46. The third-order valence-electron chi connectivity index (χ3n) is 5.71. The number of fused-ring (bicyclic) bond motifs is 2. The highest BCUT2D eigenvalue weighted by atomic mass is 127. The lowest BCUT2D eigenvalue weighted by Crippen LogP contribution is -2.34. The van der Waals surface area contributed by atoms with Gasteiger partial charge in [0.25, 0.3) is 0 Å². The standard InChI is InChI=1S/C19H20Cl2N2O2.HI/c20-14-2-1-3-15(21)17(14)18-13(19(25-23-18)10-4-5-10)9-24-16-7-12-6-11(16)8-22-12;/h1-3,10-12,16,22H,4-9H2;1H/t11-,12-,16-;/m0./s1. The highest BCUT2D eigenvalue weighted by Gasteiger charge is 2.41. The SMILES string of the molecule is Clc1cccc(Cl)c1-c1noc(C2CC2)c1CO[C@H]1C[C@@H]2C[C@H]1CN2.I. The molecule has 140 valence electrons. The smallest absolute Gasteiger partial charge is 0.145 e. The van der Waals surface area contributed by atoms with Crippen molar-refractivity contribution < 1.29 is 9.26 Å². The van der Waals surface area contributed by atoms with E-state index < -0.39 is 0 Å². The summed E-state index contributed by atoms with van der Waals surface area (Å²) in [5.41, 5.74) is 2.50. The first-order chi connectivity index (χ1) is 12.2. The number of nitrogens with one attached hydrogen (secondary N) is 1. The molecule has 0 radical (unpaired) electrons. The number of aromatic nitrogens is 1. The Kier molecular flexibility index (Phi) is 5.54. The molecule has 0 spiro atoms. The minimum atomic E-state index is 0. The van der Waals surface area contributed by atoms with Crippen LogP contribution < -0.4 is 5.32 Å². The quantitative estimate of drug-likeness (QED) is 0.551. The number of hydrogen-bond acceptors (Lipinski definition) is 4. The summed E-state index contributed by atoms with van der Waals surface area (Å²) in [6, 6.07) is 6.13. The van der Waals surface area contributed by atoms with E-state index in [1.165, 1.54) is 6.42 Å². The van der Waals surface area contributed by atoms with Crippen LogP contribution in [-0.4, -0.2) is 23.8 Å². The second kappa shape index (κ2) is 7.59. The average molecular weight is 507 g/mol. The summed E-state index contributed by atoms with van der Waals surface area (Å²) >= 11 is 12.8. The van der Waals surface area contributed by atoms with Crippen LogP contribution in [0.4, 0.5) is 0 Å². The van der Waals surface area contributed by atoms with Gasteiger partial charge < -0.3 is 14.6 Å². The van der Waals surface area contributed by atoms with Gasteiger partial charge in [-0.2, -0.15) is 0 Å². The molecule has 3 atom stereocenters. The van der Waals surface area contributed by atoms with Crippen molar-refractivity contribution in [3.8, 4) is 11.3 Å². The maximum Gasteiger partial charge on any atom is 0.145 e. The summed E-state index contributed by atoms with van der Waals surface area (Å²) in [6.07, 6.45) is 4.94. The summed E-state index contributed by atoms with van der Waals surface area (Å²) in [4.78, 5) is 0. The molecule has 1 N–H and O–H groups in total. The van der Waals surface area contributed by atoms with Gasteiger partial charge in [0, 0.05) is 29.6 Å². The topological polar surface area (TPSA) is 47.3 Å². The first-order valence-electron chi connectivity index (χ1n) is 8.98. The van der Waals surface area contributed by atoms with E-state index in [4.69, 9.17) is 32.5 Å². The van der Waals surface area contributed by atoms with Crippen LogP contribution in [0.5, 0.6) is 0 Å². The number of rotatable bonds is 5. The van der Waals surface area contributed by atoms with Gasteiger partial charge in [0.15, 0.2) is 0 Å². The van der Waals surface area contributed by atoms with Gasteiger partial charge in [-0.15, -0.1) is 24.0 Å². The molecule has 0 unspecified atom stereocenters. The molecule has 1 aromatic heterocycles. The molecule has 2 heterocycles. The van der Waals surface area contributed by atoms with Crippen molar-refractivity contribution >= 4 is 47.2 Å². The van der Waals surface area contributed by atoms with Crippen LogP contribution in [0.3, 0.4) is 0 Å². The van der Waals surface area contributed by atoms with Crippen LogP contribution in [-0.2, 0) is 11.3 Å². The Balaban J connectivity index is 0.00000168. The fraction of sp³-hybridized carbons (Fsp3) is 0.526. The van der Waals surface area contributed by atoms with Gasteiger partial charge >= 0.3 is 0 Å². The average Bonchev–Trinajstić information content (AvgIpc) is 3.03. The van der Waals surface area contributed by atoms with E-state index in [1.807, 2.05) is 18.2 Å². The normalized spacial score (nSPS) is 26.9. The number of nitrogens with zero attached hydrogens (tertiary/aromatic N) is 1. The third-order valence-corrected chi connectivity index (χ3v) is 6.34. The highest BCUT2D eigenvalue weighted by molar-refractivity contribution is 14.0. The Labute approximate surface area is 179 Å². The van der Waals surface area contributed by atoms with Crippen molar-refractivity contribution in [3.05, 3.63) is 39.6 Å². The summed E-state index contributed by atoms with van der Waals surface area (Å²) in [5.74, 6) is 2.04. The number of ether oxygens (including phenoxy) is 1. The molecule has 4 nitrogen and oxygen atoms in total. The van der Waals surface area contributed by atoms with E-state index >= 15 is 0 Å². The molecule has 2 bridgehead atoms. The van der Waals surface area contributed by atoms with E-state index in [1.54, 1.807) is 0 Å². The summed E-state index contributed by atoms with van der Waals surface area (Å²) in [6.45, 7) is 1.58. The van der Waals surface area contributed by atoms with Crippen LogP contribution >= 0.6 is 47.2 Å². The molecule has 5 rings (SSSR count). The molecule has 3 fully saturated rings. The van der Waals surface area contributed by atoms with Crippen molar-refractivity contribution in [2.75, 3.05) is 6.54 Å². The van der Waals surface area contributed by atoms with Crippen molar-refractivity contribution in [2.45, 2.75) is 50.4 Å².